The molecule has 1 nitrogen and oxygen atoms in total. The Bertz CT molecular complexity index is 294. The van der Waals surface area contributed by atoms with Crippen molar-refractivity contribution < 1.29 is 0 Å². The molecule has 0 amide bonds. The van der Waals surface area contributed by atoms with Gasteiger partial charge in [0.2, 0.25) is 0 Å². The van der Waals surface area contributed by atoms with E-state index in [4.69, 9.17) is 5.41 Å². The molecule has 1 aromatic rings. The van der Waals surface area contributed by atoms with Crippen molar-refractivity contribution in [1.29, 1.82) is 5.41 Å². The van der Waals surface area contributed by atoms with Gasteiger partial charge in [0.15, 0.2) is 0 Å². The second kappa shape index (κ2) is 5.07. The lowest BCUT2D eigenvalue weighted by Crippen LogP contribution is -1.93. The quantitative estimate of drug-likeness (QED) is 0.578. The molecule has 0 spiro atoms. The van der Waals surface area contributed by atoms with Crippen LogP contribution in [0.3, 0.4) is 0 Å². The molecular formula is C11H15NS. The fraction of sp³-hybridized carbons (Fsp3) is 0.364. The first-order valence-electron chi connectivity index (χ1n) is 4.39. The maximum Gasteiger partial charge on any atom is 0.0642 e. The Morgan fingerprint density at radius 3 is 2.85 bits per heavy atom. The maximum absolute atomic E-state index is 7.50. The molecule has 0 aliphatic rings. The zero-order valence-electron chi connectivity index (χ0n) is 8.13. The van der Waals surface area contributed by atoms with Gasteiger partial charge in [-0.2, -0.15) is 0 Å². The highest BCUT2D eigenvalue weighted by molar-refractivity contribution is 8.13. The van der Waals surface area contributed by atoms with Crippen LogP contribution in [0.25, 0.3) is 0 Å². The summed E-state index contributed by atoms with van der Waals surface area (Å²) in [5.74, 6) is 0. The third-order valence-electron chi connectivity index (χ3n) is 1.97. The monoisotopic (exact) mass is 193 g/mol. The number of rotatable bonds is 3. The molecule has 13 heavy (non-hydrogen) atoms. The van der Waals surface area contributed by atoms with Crippen LogP contribution >= 0.6 is 11.8 Å². The Hall–Kier alpha value is -0.760. The molecule has 0 aliphatic heterocycles. The van der Waals surface area contributed by atoms with E-state index in [1.54, 1.807) is 0 Å². The van der Waals surface area contributed by atoms with Crippen LogP contribution in [0.5, 0.6) is 0 Å². The van der Waals surface area contributed by atoms with E-state index in [1.165, 1.54) is 22.9 Å². The van der Waals surface area contributed by atoms with Gasteiger partial charge < -0.3 is 0 Å². The van der Waals surface area contributed by atoms with Crippen molar-refractivity contribution in [1.82, 2.24) is 0 Å². The number of aryl methyl sites for hydroxylation is 2. The molecule has 0 aliphatic carbocycles. The normalized spacial score (nSPS) is 10.0. The molecular weight excluding hydrogens is 178 g/mol. The molecule has 1 rings (SSSR count). The van der Waals surface area contributed by atoms with E-state index in [0.29, 0.717) is 0 Å². The van der Waals surface area contributed by atoms with E-state index in [1.807, 2.05) is 6.26 Å². The van der Waals surface area contributed by atoms with E-state index in [2.05, 4.69) is 31.2 Å². The topological polar surface area (TPSA) is 23.9 Å². The molecule has 2 heteroatoms. The number of hydrogen-bond acceptors (Lipinski definition) is 2. The first-order chi connectivity index (χ1) is 6.22. The van der Waals surface area contributed by atoms with Crippen LogP contribution in [0, 0.1) is 12.3 Å². The van der Waals surface area contributed by atoms with Gasteiger partial charge in [-0.05, 0) is 31.6 Å². The summed E-state index contributed by atoms with van der Waals surface area (Å²) in [4.78, 5) is 0. The SMILES string of the molecule is CSC(=N)CCc1cccc(C)c1. The highest BCUT2D eigenvalue weighted by Gasteiger charge is 1.96. The van der Waals surface area contributed by atoms with Crippen molar-refractivity contribution in [2.24, 2.45) is 0 Å². The summed E-state index contributed by atoms with van der Waals surface area (Å²) >= 11 is 1.53. The molecule has 0 fully saturated rings. The molecule has 0 unspecified atom stereocenters. The van der Waals surface area contributed by atoms with Crippen LogP contribution in [-0.2, 0) is 6.42 Å². The van der Waals surface area contributed by atoms with Gasteiger partial charge in [0, 0.05) is 0 Å². The van der Waals surface area contributed by atoms with E-state index < -0.39 is 0 Å². The predicted molar refractivity (Wildman–Crippen MR) is 60.7 cm³/mol. The van der Waals surface area contributed by atoms with E-state index in [0.717, 1.165) is 17.9 Å². The second-order valence-electron chi connectivity index (χ2n) is 3.12. The Labute approximate surface area is 84.1 Å². The standard InChI is InChI=1S/C11H15NS/c1-9-4-3-5-10(8-9)6-7-11(12)13-2/h3-5,8,12H,6-7H2,1-2H3. The highest BCUT2D eigenvalue weighted by atomic mass is 32.2. The lowest BCUT2D eigenvalue weighted by molar-refractivity contribution is 1.04. The average molecular weight is 193 g/mol. The van der Waals surface area contributed by atoms with Crippen molar-refractivity contribution in [3.8, 4) is 0 Å². The second-order valence-corrected chi connectivity index (χ2v) is 4.02. The molecule has 0 radical (unpaired) electrons. The molecule has 0 bridgehead atoms. The van der Waals surface area contributed by atoms with Gasteiger partial charge in [-0.3, -0.25) is 5.41 Å². The summed E-state index contributed by atoms with van der Waals surface area (Å²) < 4.78 is 0. The van der Waals surface area contributed by atoms with Gasteiger partial charge in [0.1, 0.15) is 0 Å². The van der Waals surface area contributed by atoms with Gasteiger partial charge in [-0.1, -0.05) is 29.8 Å². The van der Waals surface area contributed by atoms with Crippen LogP contribution in [-0.4, -0.2) is 11.3 Å². The van der Waals surface area contributed by atoms with Crippen LogP contribution < -0.4 is 0 Å². The Balaban J connectivity index is 2.50. The summed E-state index contributed by atoms with van der Waals surface area (Å²) in [5, 5.41) is 8.27. The fourth-order valence-corrected chi connectivity index (χ4v) is 1.53. The fourth-order valence-electron chi connectivity index (χ4n) is 1.23. The molecule has 0 aromatic heterocycles. The summed E-state index contributed by atoms with van der Waals surface area (Å²) in [5.41, 5.74) is 2.63. The van der Waals surface area contributed by atoms with Gasteiger partial charge in [-0.25, -0.2) is 0 Å². The van der Waals surface area contributed by atoms with Crippen molar-refractivity contribution >= 4 is 16.8 Å². The minimum Gasteiger partial charge on any atom is -0.298 e. The van der Waals surface area contributed by atoms with Crippen LogP contribution in [0.4, 0.5) is 0 Å². The first kappa shape index (κ1) is 10.3. The molecule has 0 atom stereocenters. The van der Waals surface area contributed by atoms with Gasteiger partial charge in [0.25, 0.3) is 0 Å². The summed E-state index contributed by atoms with van der Waals surface area (Å²) in [7, 11) is 0. The predicted octanol–water partition coefficient (Wildman–Crippen LogP) is 3.27. The van der Waals surface area contributed by atoms with Crippen molar-refractivity contribution in [2.75, 3.05) is 6.26 Å². The summed E-state index contributed by atoms with van der Waals surface area (Å²) in [6.45, 7) is 2.10. The smallest absolute Gasteiger partial charge is 0.0642 e. The molecule has 0 saturated heterocycles. The molecule has 1 aromatic carbocycles. The van der Waals surface area contributed by atoms with Crippen molar-refractivity contribution in [3.05, 3.63) is 35.4 Å². The Morgan fingerprint density at radius 2 is 2.23 bits per heavy atom. The van der Waals surface area contributed by atoms with Crippen LogP contribution in [0.2, 0.25) is 0 Å². The number of hydrogen-bond donors (Lipinski definition) is 1. The minimum absolute atomic E-state index is 0.765. The zero-order chi connectivity index (χ0) is 9.68. The van der Waals surface area contributed by atoms with Gasteiger partial charge in [0.05, 0.1) is 5.04 Å². The number of nitrogens with one attached hydrogen (secondary N) is 1. The number of thioether (sulfide) groups is 1. The molecule has 1 N–H and O–H groups in total. The molecule has 0 saturated carbocycles. The largest absolute Gasteiger partial charge is 0.298 e. The maximum atomic E-state index is 7.50. The molecule has 0 heterocycles. The Morgan fingerprint density at radius 1 is 1.46 bits per heavy atom. The Kier molecular flexibility index (Phi) is 4.03. The minimum atomic E-state index is 0.765. The van der Waals surface area contributed by atoms with Gasteiger partial charge >= 0.3 is 0 Å². The summed E-state index contributed by atoms with van der Waals surface area (Å²) in [6.07, 6.45) is 3.81. The third-order valence-corrected chi connectivity index (χ3v) is 2.67. The van der Waals surface area contributed by atoms with Crippen LogP contribution in [0.1, 0.15) is 17.5 Å². The average Bonchev–Trinajstić information content (AvgIpc) is 2.14. The first-order valence-corrected chi connectivity index (χ1v) is 5.62. The highest BCUT2D eigenvalue weighted by Crippen LogP contribution is 2.09. The van der Waals surface area contributed by atoms with Gasteiger partial charge in [-0.15, -0.1) is 11.8 Å². The lowest BCUT2D eigenvalue weighted by Gasteiger charge is -2.02. The summed E-state index contributed by atoms with van der Waals surface area (Å²) in [6, 6.07) is 8.49. The van der Waals surface area contributed by atoms with Crippen LogP contribution in [0.15, 0.2) is 24.3 Å². The zero-order valence-corrected chi connectivity index (χ0v) is 8.95. The van der Waals surface area contributed by atoms with E-state index in [-0.39, 0.29) is 0 Å². The number of benzene rings is 1. The van der Waals surface area contributed by atoms with E-state index >= 15 is 0 Å². The van der Waals surface area contributed by atoms with E-state index in [9.17, 15) is 0 Å². The van der Waals surface area contributed by atoms with Crippen molar-refractivity contribution in [3.63, 3.8) is 0 Å². The molecule has 70 valence electrons. The van der Waals surface area contributed by atoms with Crippen molar-refractivity contribution in [2.45, 2.75) is 19.8 Å². The third kappa shape index (κ3) is 3.64. The lowest BCUT2D eigenvalue weighted by atomic mass is 10.1.